The van der Waals surface area contributed by atoms with Crippen molar-refractivity contribution in [3.63, 3.8) is 0 Å². The summed E-state index contributed by atoms with van der Waals surface area (Å²) in [6, 6.07) is -1.08. The fourth-order valence-corrected chi connectivity index (χ4v) is 0.156. The quantitative estimate of drug-likeness (QED) is 0.489. The second-order valence-corrected chi connectivity index (χ2v) is 1.08. The zero-order chi connectivity index (χ0) is 6.57. The molecule has 3 N–H and O–H groups in total. The predicted octanol–water partition coefficient (Wildman–Crippen LogP) is -0.937. The first-order chi connectivity index (χ1) is 3.63. The second-order valence-electron chi connectivity index (χ2n) is 1.08. The molecule has 0 aliphatic rings. The van der Waals surface area contributed by atoms with E-state index >= 15 is 0 Å². The Morgan fingerprint density at radius 1 is 1.62 bits per heavy atom. The van der Waals surface area contributed by atoms with Crippen molar-refractivity contribution >= 4 is 12.0 Å². The molecule has 0 saturated carbocycles. The topological polar surface area (TPSA) is 90.2 Å². The average molecular weight is 117 g/mol. The van der Waals surface area contributed by atoms with E-state index in [1.807, 2.05) is 0 Å². The number of carbonyl (C=O) groups excluding carboxylic acids is 1. The number of hydrogen-bond donors (Lipinski definition) is 2. The molecule has 0 aliphatic carbocycles. The molecule has 5 nitrogen and oxygen atoms in total. The molecule has 0 unspecified atom stereocenters. The number of hydrogen-bond acceptors (Lipinski definition) is 2. The van der Waals surface area contributed by atoms with Crippen LogP contribution in [0.1, 0.15) is 0 Å². The van der Waals surface area contributed by atoms with E-state index in [9.17, 15) is 9.59 Å². The number of carboxylic acids is 1. The fraction of sp³-hybridized carbons (Fsp3) is 0.333. The minimum atomic E-state index is -1.15. The van der Waals surface area contributed by atoms with Gasteiger partial charge in [-0.1, -0.05) is 0 Å². The van der Waals surface area contributed by atoms with E-state index in [2.05, 4.69) is 0 Å². The Morgan fingerprint density at radius 3 is 2.25 bits per heavy atom. The predicted molar refractivity (Wildman–Crippen MR) is 24.1 cm³/mol. The molecule has 0 heterocycles. The minimum absolute atomic E-state index is 0.484. The number of amides is 2. The van der Waals surface area contributed by atoms with Crippen LogP contribution in [0.15, 0.2) is 0 Å². The summed E-state index contributed by atoms with van der Waals surface area (Å²) in [6.45, 7) is -0.484. The van der Waals surface area contributed by atoms with Gasteiger partial charge in [0.1, 0.15) is 6.54 Å². The van der Waals surface area contributed by atoms with Gasteiger partial charge in [0.25, 0.3) is 0 Å². The second kappa shape index (κ2) is 2.84. The number of urea groups is 1. The lowest BCUT2D eigenvalue weighted by atomic mass is 10.7. The van der Waals surface area contributed by atoms with Gasteiger partial charge in [0.05, 0.1) is 0 Å². The van der Waals surface area contributed by atoms with Crippen LogP contribution in [0.4, 0.5) is 4.79 Å². The van der Waals surface area contributed by atoms with Crippen LogP contribution in [0.3, 0.4) is 0 Å². The lowest BCUT2D eigenvalue weighted by Crippen LogP contribution is -2.28. The summed E-state index contributed by atoms with van der Waals surface area (Å²) in [5.41, 5.74) is 6.16. The monoisotopic (exact) mass is 117 g/mol. The summed E-state index contributed by atoms with van der Waals surface area (Å²) in [7, 11) is 0. The highest BCUT2D eigenvalue weighted by atomic mass is 16.4. The molecule has 0 aromatic carbocycles. The van der Waals surface area contributed by atoms with Crippen LogP contribution in [0.5, 0.6) is 0 Å². The molecule has 0 aliphatic heterocycles. The molecule has 45 valence electrons. The lowest BCUT2D eigenvalue weighted by Gasteiger charge is -1.90. The first-order valence-electron chi connectivity index (χ1n) is 1.84. The molecule has 0 saturated heterocycles. The van der Waals surface area contributed by atoms with E-state index in [4.69, 9.17) is 10.8 Å². The molecular weight excluding hydrogens is 112 g/mol. The van der Waals surface area contributed by atoms with Gasteiger partial charge in [-0.25, -0.2) is 10.5 Å². The van der Waals surface area contributed by atoms with Crippen molar-refractivity contribution < 1.29 is 14.7 Å². The summed E-state index contributed by atoms with van der Waals surface area (Å²) in [5, 5.41) is 9.64. The van der Waals surface area contributed by atoms with Crippen LogP contribution in [-0.2, 0) is 4.79 Å². The molecule has 0 fully saturated rings. The standard InChI is InChI=1S/C3H5N2O3/c4-3(8)5-1-2(6)7/h4H,1H2,(H,5,8)(H,6,7). The Kier molecular flexibility index (Phi) is 2.39. The summed E-state index contributed by atoms with van der Waals surface area (Å²) < 4.78 is 0. The number of carbonyl (C=O) groups is 2. The third-order valence-corrected chi connectivity index (χ3v) is 0.400. The van der Waals surface area contributed by atoms with E-state index < -0.39 is 18.5 Å². The van der Waals surface area contributed by atoms with Gasteiger partial charge in [0, 0.05) is 0 Å². The van der Waals surface area contributed by atoms with E-state index in [1.54, 1.807) is 5.32 Å². The number of carboxylic acid groups (broad SMARTS) is 1. The molecule has 8 heavy (non-hydrogen) atoms. The van der Waals surface area contributed by atoms with Crippen molar-refractivity contribution in [3.05, 3.63) is 0 Å². The van der Waals surface area contributed by atoms with Crippen LogP contribution in [0.25, 0.3) is 0 Å². The largest absolute Gasteiger partial charge is 0.480 e. The highest BCUT2D eigenvalue weighted by Gasteiger charge is 1.96. The van der Waals surface area contributed by atoms with Gasteiger partial charge in [-0.3, -0.25) is 4.79 Å². The van der Waals surface area contributed by atoms with E-state index in [0.29, 0.717) is 0 Å². The third kappa shape index (κ3) is 4.74. The Labute approximate surface area is 45.5 Å². The van der Waals surface area contributed by atoms with Crippen LogP contribution >= 0.6 is 0 Å². The molecule has 0 aromatic heterocycles. The first kappa shape index (κ1) is 6.74. The van der Waals surface area contributed by atoms with Crippen molar-refractivity contribution in [2.45, 2.75) is 0 Å². The van der Waals surface area contributed by atoms with Crippen molar-refractivity contribution in [3.8, 4) is 0 Å². The highest BCUT2D eigenvalue weighted by molar-refractivity contribution is 5.78. The van der Waals surface area contributed by atoms with Gasteiger partial charge < -0.3 is 10.4 Å². The van der Waals surface area contributed by atoms with Crippen molar-refractivity contribution in [1.29, 1.82) is 0 Å². The molecule has 0 rings (SSSR count). The molecule has 0 bridgehead atoms. The van der Waals surface area contributed by atoms with E-state index in [1.165, 1.54) is 0 Å². The van der Waals surface area contributed by atoms with Crippen molar-refractivity contribution in [1.82, 2.24) is 11.1 Å². The SMILES string of the molecule is [NH]C(=O)NCC(=O)O. The molecule has 1 radical (unpaired) electrons. The average Bonchev–Trinajstić information content (AvgIpc) is 1.61. The summed E-state index contributed by atoms with van der Waals surface area (Å²) in [6.07, 6.45) is 0. The fourth-order valence-electron chi connectivity index (χ4n) is 0.156. The van der Waals surface area contributed by atoms with Crippen LogP contribution < -0.4 is 11.1 Å². The minimum Gasteiger partial charge on any atom is -0.480 e. The maximum absolute atomic E-state index is 9.64. The van der Waals surface area contributed by atoms with Gasteiger partial charge in [-0.2, -0.15) is 0 Å². The maximum Gasteiger partial charge on any atom is 0.334 e. The van der Waals surface area contributed by atoms with Crippen LogP contribution in [0, 0.1) is 0 Å². The Hall–Kier alpha value is -1.26. The number of nitrogens with one attached hydrogen (secondary N) is 2. The Balaban J connectivity index is 3.18. The summed E-state index contributed by atoms with van der Waals surface area (Å²) in [4.78, 5) is 19.2. The molecule has 0 atom stereocenters. The molecule has 5 heteroatoms. The highest BCUT2D eigenvalue weighted by Crippen LogP contribution is 1.59. The third-order valence-electron chi connectivity index (χ3n) is 0.400. The summed E-state index contributed by atoms with van der Waals surface area (Å²) >= 11 is 0. The van der Waals surface area contributed by atoms with Crippen LogP contribution in [0.2, 0.25) is 0 Å². The normalized spacial score (nSPS) is 8.00. The zero-order valence-corrected chi connectivity index (χ0v) is 3.97. The van der Waals surface area contributed by atoms with Gasteiger partial charge in [-0.15, -0.1) is 0 Å². The van der Waals surface area contributed by atoms with Gasteiger partial charge in [0.2, 0.25) is 0 Å². The molecular formula is C3H5N2O3. The Morgan fingerprint density at radius 2 is 2.12 bits per heavy atom. The van der Waals surface area contributed by atoms with Gasteiger partial charge >= 0.3 is 12.0 Å². The first-order valence-corrected chi connectivity index (χ1v) is 1.84. The number of rotatable bonds is 2. The molecule has 2 amide bonds. The zero-order valence-electron chi connectivity index (χ0n) is 3.97. The smallest absolute Gasteiger partial charge is 0.334 e. The van der Waals surface area contributed by atoms with Gasteiger partial charge in [-0.05, 0) is 0 Å². The summed E-state index contributed by atoms with van der Waals surface area (Å²) in [5.74, 6) is -1.15. The van der Waals surface area contributed by atoms with Crippen LogP contribution in [-0.4, -0.2) is 23.7 Å². The van der Waals surface area contributed by atoms with Crippen molar-refractivity contribution in [2.24, 2.45) is 0 Å². The van der Waals surface area contributed by atoms with Crippen molar-refractivity contribution in [2.75, 3.05) is 6.54 Å². The van der Waals surface area contributed by atoms with E-state index in [-0.39, 0.29) is 0 Å². The molecule has 0 spiro atoms. The molecule has 0 aromatic rings. The van der Waals surface area contributed by atoms with Gasteiger partial charge in [0.15, 0.2) is 0 Å². The van der Waals surface area contributed by atoms with E-state index in [0.717, 1.165) is 0 Å². The maximum atomic E-state index is 9.64. The lowest BCUT2D eigenvalue weighted by molar-refractivity contribution is -0.135. The Bertz CT molecular complexity index is 97.1. The number of aliphatic carboxylic acids is 1.